The van der Waals surface area contributed by atoms with Crippen molar-refractivity contribution in [3.63, 3.8) is 0 Å². The summed E-state index contributed by atoms with van der Waals surface area (Å²) in [7, 11) is -5.41. The number of fused-ring (bicyclic) bond motifs is 2. The minimum absolute atomic E-state index is 0.301. The second-order valence-electron chi connectivity index (χ2n) is 14.0. The van der Waals surface area contributed by atoms with Crippen LogP contribution in [0.4, 0.5) is 0 Å². The number of hydrogen-bond donors (Lipinski definition) is 1. The molecule has 0 saturated carbocycles. The van der Waals surface area contributed by atoms with Crippen molar-refractivity contribution < 1.29 is 27.7 Å². The molecular formula is C45H46NO6P. The van der Waals surface area contributed by atoms with Crippen LogP contribution in [0.2, 0.25) is 0 Å². The molecule has 1 aliphatic rings. The average molecular weight is 728 g/mol. The zero-order valence-corrected chi connectivity index (χ0v) is 32.0. The van der Waals surface area contributed by atoms with Crippen molar-refractivity contribution in [3.05, 3.63) is 177 Å². The zero-order valence-electron chi connectivity index (χ0n) is 31.1. The van der Waals surface area contributed by atoms with Crippen LogP contribution in [0.1, 0.15) is 50.1 Å². The SMILES string of the molecule is Cc1cc(C)c(O)c(CN2Cc3cc(C)cc(C)c3OP(Oc3ccccc3)(Oc3ccccc3)(Oc3ccccc3)Oc3c(C)cc(C)cc3C2)c1. The predicted octanol–water partition coefficient (Wildman–Crippen LogP) is 11.6. The van der Waals surface area contributed by atoms with Gasteiger partial charge in [0, 0.05) is 0 Å². The van der Waals surface area contributed by atoms with Gasteiger partial charge in [0.25, 0.3) is 0 Å². The van der Waals surface area contributed by atoms with Gasteiger partial charge < -0.3 is 0 Å². The number of phenolic OH excluding ortho intramolecular Hbond substituents is 1. The van der Waals surface area contributed by atoms with Crippen molar-refractivity contribution in [3.8, 4) is 34.5 Å². The Morgan fingerprint density at radius 2 is 0.906 bits per heavy atom. The Morgan fingerprint density at radius 1 is 0.528 bits per heavy atom. The molecule has 53 heavy (non-hydrogen) atoms. The number of aromatic hydroxyl groups is 1. The van der Waals surface area contributed by atoms with Crippen LogP contribution >= 0.6 is 7.74 Å². The summed E-state index contributed by atoms with van der Waals surface area (Å²) in [6.07, 6.45) is 0. The van der Waals surface area contributed by atoms with Crippen LogP contribution in [0.25, 0.3) is 0 Å². The van der Waals surface area contributed by atoms with E-state index in [2.05, 4.69) is 56.0 Å². The number of nitrogens with zero attached hydrogens (tertiary/aromatic N) is 1. The molecule has 1 aliphatic heterocycles. The fourth-order valence-electron chi connectivity index (χ4n) is 7.08. The molecule has 7 nitrogen and oxygen atoms in total. The molecule has 1 N–H and O–H groups in total. The van der Waals surface area contributed by atoms with Crippen molar-refractivity contribution in [2.45, 2.75) is 61.2 Å². The Bertz CT molecular complexity index is 2070. The van der Waals surface area contributed by atoms with E-state index in [-0.39, 0.29) is 0 Å². The summed E-state index contributed by atoms with van der Waals surface area (Å²) in [5, 5.41) is 11.2. The van der Waals surface area contributed by atoms with Crippen molar-refractivity contribution >= 4 is 7.74 Å². The second-order valence-corrected chi connectivity index (χ2v) is 16.4. The van der Waals surface area contributed by atoms with E-state index in [0.717, 1.165) is 50.1 Å². The van der Waals surface area contributed by atoms with E-state index in [1.165, 1.54) is 0 Å². The van der Waals surface area contributed by atoms with Gasteiger partial charge in [-0.05, 0) is 0 Å². The molecule has 0 spiro atoms. The third-order valence-electron chi connectivity index (χ3n) is 9.17. The Morgan fingerprint density at radius 3 is 1.32 bits per heavy atom. The van der Waals surface area contributed by atoms with Gasteiger partial charge in [-0.15, -0.1) is 0 Å². The van der Waals surface area contributed by atoms with E-state index in [0.29, 0.717) is 54.1 Å². The fourth-order valence-corrected chi connectivity index (χ4v) is 9.97. The molecule has 0 aliphatic carbocycles. The third kappa shape index (κ3) is 7.83. The Labute approximate surface area is 312 Å². The molecule has 6 aromatic carbocycles. The van der Waals surface area contributed by atoms with Gasteiger partial charge in [0.1, 0.15) is 0 Å². The van der Waals surface area contributed by atoms with E-state index < -0.39 is 7.74 Å². The van der Waals surface area contributed by atoms with Gasteiger partial charge in [0.2, 0.25) is 0 Å². The van der Waals surface area contributed by atoms with Gasteiger partial charge in [-0.3, -0.25) is 0 Å². The van der Waals surface area contributed by atoms with Gasteiger partial charge in [0.15, 0.2) is 0 Å². The van der Waals surface area contributed by atoms with Crippen LogP contribution in [-0.4, -0.2) is 10.0 Å². The monoisotopic (exact) mass is 727 g/mol. The van der Waals surface area contributed by atoms with Crippen LogP contribution in [0.5, 0.6) is 34.5 Å². The summed E-state index contributed by atoms with van der Waals surface area (Å²) in [6, 6.07) is 40.6. The summed E-state index contributed by atoms with van der Waals surface area (Å²) in [6.45, 7) is 13.6. The Kier molecular flexibility index (Phi) is 9.82. The van der Waals surface area contributed by atoms with Gasteiger partial charge in [0.05, 0.1) is 0 Å². The molecule has 0 bridgehead atoms. The number of para-hydroxylation sites is 3. The van der Waals surface area contributed by atoms with E-state index in [1.54, 1.807) is 0 Å². The quantitative estimate of drug-likeness (QED) is 0.157. The first-order valence-electron chi connectivity index (χ1n) is 17.9. The summed E-state index contributed by atoms with van der Waals surface area (Å²) < 4.78 is 36.2. The maximum atomic E-state index is 11.2. The fraction of sp³-hybridized carbons (Fsp3) is 0.200. The van der Waals surface area contributed by atoms with E-state index in [1.807, 2.05) is 118 Å². The molecule has 8 heteroatoms. The molecule has 0 amide bonds. The Hall–Kier alpha value is -5.49. The number of phenols is 1. The number of rotatable bonds is 8. The summed E-state index contributed by atoms with van der Waals surface area (Å²) >= 11 is 0. The molecule has 0 radical (unpaired) electrons. The number of aryl methyl sites for hydroxylation is 6. The van der Waals surface area contributed by atoms with Gasteiger partial charge >= 0.3 is 314 Å². The molecule has 0 fully saturated rings. The molecule has 0 atom stereocenters. The van der Waals surface area contributed by atoms with E-state index in [9.17, 15) is 5.11 Å². The van der Waals surface area contributed by atoms with Crippen LogP contribution in [0.15, 0.2) is 127 Å². The standard InChI is InChI=1S/C45H46NO6P/c1-31-22-34(4)43(47)37(25-31)28-46-29-38-26-32(2)23-35(5)44(38)51-53(48-40-16-10-7-11-17-40,49-41-18-12-8-13-19-41,50-42-20-14-9-15-21-42)52-45-36(6)24-33(3)27-39(45)30-46/h7-27,47H,28-30H2,1-6H3. The molecule has 1 heterocycles. The molecule has 7 rings (SSSR count). The zero-order chi connectivity index (χ0) is 37.2. The summed E-state index contributed by atoms with van der Waals surface area (Å²) in [5.74, 6) is 2.68. The summed E-state index contributed by atoms with van der Waals surface area (Å²) in [4.78, 5) is 2.31. The minimum atomic E-state index is -5.41. The van der Waals surface area contributed by atoms with Crippen LogP contribution in [-0.2, 0) is 19.6 Å². The van der Waals surface area contributed by atoms with Crippen molar-refractivity contribution in [1.82, 2.24) is 4.90 Å². The van der Waals surface area contributed by atoms with E-state index >= 15 is 0 Å². The first-order valence-corrected chi connectivity index (χ1v) is 19.7. The van der Waals surface area contributed by atoms with Crippen LogP contribution in [0, 0.1) is 41.5 Å². The molecule has 272 valence electrons. The molecule has 0 aromatic heterocycles. The number of benzene rings is 6. The first-order chi connectivity index (χ1) is 25.5. The Balaban J connectivity index is 1.53. The van der Waals surface area contributed by atoms with Crippen molar-refractivity contribution in [2.75, 3.05) is 0 Å². The average Bonchev–Trinajstić information content (AvgIpc) is 3.11. The topological polar surface area (TPSA) is 69.6 Å². The van der Waals surface area contributed by atoms with Crippen molar-refractivity contribution in [1.29, 1.82) is 0 Å². The van der Waals surface area contributed by atoms with Crippen LogP contribution in [0.3, 0.4) is 0 Å². The molecule has 0 saturated heterocycles. The summed E-state index contributed by atoms with van der Waals surface area (Å²) in [5.41, 5.74) is 8.43. The van der Waals surface area contributed by atoms with Crippen molar-refractivity contribution in [2.24, 2.45) is 0 Å². The van der Waals surface area contributed by atoms with E-state index in [4.69, 9.17) is 22.6 Å². The van der Waals surface area contributed by atoms with Gasteiger partial charge in [-0.25, -0.2) is 0 Å². The first kappa shape index (κ1) is 35.9. The van der Waals surface area contributed by atoms with Gasteiger partial charge in [-0.2, -0.15) is 0 Å². The van der Waals surface area contributed by atoms with Crippen LogP contribution < -0.4 is 22.6 Å². The van der Waals surface area contributed by atoms with Gasteiger partial charge in [-0.1, -0.05) is 0 Å². The normalized spacial score (nSPS) is 15.6. The predicted molar refractivity (Wildman–Crippen MR) is 212 cm³/mol. The molecule has 0 unspecified atom stereocenters. The molecule has 6 aromatic rings. The third-order valence-corrected chi connectivity index (χ3v) is 11.7. The molecular weight excluding hydrogens is 681 g/mol. The second kappa shape index (κ2) is 14.5. The maximum absolute atomic E-state index is 11.2. The number of hydrogen-bond acceptors (Lipinski definition) is 7.